The van der Waals surface area contributed by atoms with E-state index in [1.54, 1.807) is 0 Å². The fraction of sp³-hybridized carbons (Fsp3) is 0.200. The molecule has 28 heavy (non-hydrogen) atoms. The van der Waals surface area contributed by atoms with Crippen LogP contribution >= 0.6 is 11.8 Å². The van der Waals surface area contributed by atoms with Crippen LogP contribution in [0.3, 0.4) is 0 Å². The first-order valence-corrected chi connectivity index (χ1v) is 9.89. The van der Waals surface area contributed by atoms with Crippen molar-refractivity contribution in [3.05, 3.63) is 66.5 Å². The van der Waals surface area contributed by atoms with E-state index in [-0.39, 0.29) is 24.0 Å². The average Bonchev–Trinajstić information content (AvgIpc) is 3.09. The van der Waals surface area contributed by atoms with Crippen LogP contribution in [0.1, 0.15) is 12.7 Å². The molecule has 1 aromatic heterocycles. The van der Waals surface area contributed by atoms with Crippen LogP contribution in [0.25, 0.3) is 0 Å². The van der Waals surface area contributed by atoms with Crippen LogP contribution in [0.5, 0.6) is 0 Å². The molecule has 3 rings (SSSR count). The van der Waals surface area contributed by atoms with Crippen LogP contribution < -0.4 is 10.6 Å². The Hall–Kier alpha value is -3.13. The zero-order valence-electron chi connectivity index (χ0n) is 15.5. The maximum atomic E-state index is 12.3. The monoisotopic (exact) mass is 395 g/mol. The maximum Gasteiger partial charge on any atom is 0.234 e. The number of hydrogen-bond acceptors (Lipinski definition) is 5. The van der Waals surface area contributed by atoms with Gasteiger partial charge >= 0.3 is 0 Å². The summed E-state index contributed by atoms with van der Waals surface area (Å²) in [6.07, 6.45) is 0.118. The maximum absolute atomic E-state index is 12.3. The highest BCUT2D eigenvalue weighted by molar-refractivity contribution is 7.99. The van der Waals surface area contributed by atoms with Crippen molar-refractivity contribution in [1.82, 2.24) is 14.8 Å². The number of para-hydroxylation sites is 2. The summed E-state index contributed by atoms with van der Waals surface area (Å²) in [4.78, 5) is 24.4. The molecule has 0 atom stereocenters. The molecule has 0 unspecified atom stereocenters. The number of anilines is 2. The van der Waals surface area contributed by atoms with Gasteiger partial charge in [0.2, 0.25) is 11.8 Å². The molecule has 0 aliphatic carbocycles. The topological polar surface area (TPSA) is 88.9 Å². The Bertz CT molecular complexity index is 928. The van der Waals surface area contributed by atoms with Crippen molar-refractivity contribution in [3.63, 3.8) is 0 Å². The summed E-state index contributed by atoms with van der Waals surface area (Å²) in [5.74, 6) is 0.502. The number of rotatable bonds is 8. The summed E-state index contributed by atoms with van der Waals surface area (Å²) < 4.78 is 1.85. The second-order valence-electron chi connectivity index (χ2n) is 5.94. The molecule has 144 valence electrons. The SMILES string of the molecule is CCn1c(CC(=O)Nc2ccccc2)nnc1SCC(=O)Nc1ccccc1. The summed E-state index contributed by atoms with van der Waals surface area (Å²) in [5, 5.41) is 14.6. The molecule has 0 saturated carbocycles. The quantitative estimate of drug-likeness (QED) is 0.572. The number of benzene rings is 2. The van der Waals surface area contributed by atoms with E-state index in [1.807, 2.05) is 72.2 Å². The van der Waals surface area contributed by atoms with Crippen molar-refractivity contribution >= 4 is 35.0 Å². The minimum atomic E-state index is -0.160. The van der Waals surface area contributed by atoms with Gasteiger partial charge in [0.1, 0.15) is 5.82 Å². The zero-order chi connectivity index (χ0) is 19.8. The molecule has 3 aromatic rings. The first-order chi connectivity index (χ1) is 13.7. The normalized spacial score (nSPS) is 10.5. The molecule has 2 amide bonds. The van der Waals surface area contributed by atoms with Crippen LogP contribution in [-0.2, 0) is 22.6 Å². The third-order valence-electron chi connectivity index (χ3n) is 3.88. The summed E-state index contributed by atoms with van der Waals surface area (Å²) in [6, 6.07) is 18.6. The average molecular weight is 395 g/mol. The highest BCUT2D eigenvalue weighted by Gasteiger charge is 2.16. The van der Waals surface area contributed by atoms with Gasteiger partial charge < -0.3 is 15.2 Å². The van der Waals surface area contributed by atoms with Crippen molar-refractivity contribution in [3.8, 4) is 0 Å². The van der Waals surface area contributed by atoms with E-state index < -0.39 is 0 Å². The molecule has 8 heteroatoms. The Morgan fingerprint density at radius 1 is 0.893 bits per heavy atom. The van der Waals surface area contributed by atoms with Crippen molar-refractivity contribution < 1.29 is 9.59 Å². The van der Waals surface area contributed by atoms with Crippen molar-refractivity contribution in [2.75, 3.05) is 16.4 Å². The van der Waals surface area contributed by atoms with Crippen LogP contribution in [-0.4, -0.2) is 32.3 Å². The summed E-state index contributed by atoms with van der Waals surface area (Å²) in [7, 11) is 0. The number of thioether (sulfide) groups is 1. The second-order valence-corrected chi connectivity index (χ2v) is 6.88. The molecular weight excluding hydrogens is 374 g/mol. The molecule has 0 spiro atoms. The first kappa shape index (κ1) is 19.6. The lowest BCUT2D eigenvalue weighted by atomic mass is 10.3. The smallest absolute Gasteiger partial charge is 0.234 e. The fourth-order valence-electron chi connectivity index (χ4n) is 2.59. The Balaban J connectivity index is 1.57. The van der Waals surface area contributed by atoms with E-state index in [1.165, 1.54) is 11.8 Å². The molecule has 2 aromatic carbocycles. The molecule has 7 nitrogen and oxygen atoms in total. The van der Waals surface area contributed by atoms with Crippen molar-refractivity contribution in [1.29, 1.82) is 0 Å². The summed E-state index contributed by atoms with van der Waals surface area (Å²) >= 11 is 1.30. The minimum absolute atomic E-state index is 0.118. The summed E-state index contributed by atoms with van der Waals surface area (Å²) in [5.41, 5.74) is 1.49. The Morgan fingerprint density at radius 3 is 2.04 bits per heavy atom. The van der Waals surface area contributed by atoms with Gasteiger partial charge in [-0.05, 0) is 31.2 Å². The van der Waals surface area contributed by atoms with E-state index in [0.717, 1.165) is 11.4 Å². The molecule has 0 aliphatic rings. The van der Waals surface area contributed by atoms with Crippen LogP contribution in [0.4, 0.5) is 11.4 Å². The largest absolute Gasteiger partial charge is 0.326 e. The van der Waals surface area contributed by atoms with Gasteiger partial charge in [0.25, 0.3) is 0 Å². The molecule has 0 fully saturated rings. The molecule has 0 aliphatic heterocycles. The number of aromatic nitrogens is 3. The lowest BCUT2D eigenvalue weighted by Crippen LogP contribution is -2.18. The van der Waals surface area contributed by atoms with Gasteiger partial charge in [0, 0.05) is 17.9 Å². The van der Waals surface area contributed by atoms with Gasteiger partial charge in [-0.2, -0.15) is 0 Å². The Kier molecular flexibility index (Phi) is 6.80. The number of nitrogens with zero attached hydrogens (tertiary/aromatic N) is 3. The van der Waals surface area contributed by atoms with E-state index in [9.17, 15) is 9.59 Å². The van der Waals surface area contributed by atoms with Gasteiger partial charge in [0.05, 0.1) is 12.2 Å². The lowest BCUT2D eigenvalue weighted by molar-refractivity contribution is -0.116. The first-order valence-electron chi connectivity index (χ1n) is 8.90. The van der Waals surface area contributed by atoms with Gasteiger partial charge in [-0.1, -0.05) is 48.2 Å². The number of hydrogen-bond donors (Lipinski definition) is 2. The van der Waals surface area contributed by atoms with Gasteiger partial charge in [-0.15, -0.1) is 10.2 Å². The van der Waals surface area contributed by atoms with Gasteiger partial charge in [0.15, 0.2) is 5.16 Å². The van der Waals surface area contributed by atoms with E-state index in [2.05, 4.69) is 20.8 Å². The predicted molar refractivity (Wildman–Crippen MR) is 110 cm³/mol. The number of nitrogens with one attached hydrogen (secondary N) is 2. The van der Waals surface area contributed by atoms with Crippen LogP contribution in [0.15, 0.2) is 65.8 Å². The molecule has 1 heterocycles. The predicted octanol–water partition coefficient (Wildman–Crippen LogP) is 3.21. The van der Waals surface area contributed by atoms with Crippen molar-refractivity contribution in [2.45, 2.75) is 25.0 Å². The second kappa shape index (κ2) is 9.70. The zero-order valence-corrected chi connectivity index (χ0v) is 16.3. The Morgan fingerprint density at radius 2 is 1.46 bits per heavy atom. The molecule has 0 radical (unpaired) electrons. The molecular formula is C20H21N5O2S. The highest BCUT2D eigenvalue weighted by atomic mass is 32.2. The van der Waals surface area contributed by atoms with Gasteiger partial charge in [-0.25, -0.2) is 0 Å². The fourth-order valence-corrected chi connectivity index (χ4v) is 3.41. The molecule has 0 saturated heterocycles. The number of amides is 2. The minimum Gasteiger partial charge on any atom is -0.326 e. The highest BCUT2D eigenvalue weighted by Crippen LogP contribution is 2.18. The number of carbonyl (C=O) groups is 2. The standard InChI is InChI=1S/C20H21N5O2S/c1-2-25-17(13-18(26)21-15-9-5-3-6-10-15)23-24-20(25)28-14-19(27)22-16-11-7-4-8-12-16/h3-12H,2,13-14H2,1H3,(H,21,26)(H,22,27). The van der Waals surface area contributed by atoms with Crippen LogP contribution in [0.2, 0.25) is 0 Å². The van der Waals surface area contributed by atoms with Gasteiger partial charge in [-0.3, -0.25) is 9.59 Å². The summed E-state index contributed by atoms with van der Waals surface area (Å²) in [6.45, 7) is 2.57. The molecule has 2 N–H and O–H groups in total. The Labute approximate surface area is 167 Å². The number of carbonyl (C=O) groups excluding carboxylic acids is 2. The lowest BCUT2D eigenvalue weighted by Gasteiger charge is -2.08. The van der Waals surface area contributed by atoms with E-state index in [4.69, 9.17) is 0 Å². The third-order valence-corrected chi connectivity index (χ3v) is 4.84. The van der Waals surface area contributed by atoms with E-state index >= 15 is 0 Å². The third kappa shape index (κ3) is 5.43. The van der Waals surface area contributed by atoms with Crippen molar-refractivity contribution in [2.24, 2.45) is 0 Å². The van der Waals surface area contributed by atoms with E-state index in [0.29, 0.717) is 17.5 Å². The van der Waals surface area contributed by atoms with Crippen LogP contribution in [0, 0.1) is 0 Å². The molecule has 0 bridgehead atoms.